The molecule has 1 heterocycles. The normalized spacial score (nSPS) is 21.9. The topological polar surface area (TPSA) is 89.9 Å². The number of aryl methyl sites for hydroxylation is 1. The number of carboxylic acid groups (broad SMARTS) is 1. The molecule has 2 rings (SSSR count). The van der Waals surface area contributed by atoms with Crippen LogP contribution >= 0.6 is 15.9 Å². The van der Waals surface area contributed by atoms with E-state index in [2.05, 4.69) is 21.2 Å². The molecule has 1 aliphatic rings. The fourth-order valence-corrected chi connectivity index (χ4v) is 2.77. The number of benzene rings is 1. The number of aliphatic carboxylic acids is 1. The summed E-state index contributed by atoms with van der Waals surface area (Å²) in [6.45, 7) is 1.94. The molecule has 0 radical (unpaired) electrons. The number of likely N-dealkylation sites (tertiary alicyclic amines) is 1. The van der Waals surface area contributed by atoms with Crippen LogP contribution in [0.25, 0.3) is 0 Å². The maximum absolute atomic E-state index is 12.1. The second kappa shape index (κ2) is 5.80. The van der Waals surface area contributed by atoms with Crippen LogP contribution in [-0.4, -0.2) is 45.8 Å². The summed E-state index contributed by atoms with van der Waals surface area (Å²) in [6, 6.07) is 3.91. The Bertz CT molecular complexity index is 549. The van der Waals surface area contributed by atoms with E-state index in [9.17, 15) is 14.7 Å². The molecule has 108 valence electrons. The fourth-order valence-electron chi connectivity index (χ4n) is 2.18. The van der Waals surface area contributed by atoms with E-state index in [1.165, 1.54) is 0 Å². The molecule has 1 saturated heterocycles. The summed E-state index contributed by atoms with van der Waals surface area (Å²) in [4.78, 5) is 24.4. The summed E-state index contributed by atoms with van der Waals surface area (Å²) in [7, 11) is 0. The van der Waals surface area contributed by atoms with Gasteiger partial charge in [0.1, 0.15) is 6.04 Å². The predicted molar refractivity (Wildman–Crippen MR) is 76.7 cm³/mol. The smallest absolute Gasteiger partial charge is 0.326 e. The number of halogens is 1. The first-order valence-corrected chi connectivity index (χ1v) is 6.92. The maximum Gasteiger partial charge on any atom is 0.326 e. The first kappa shape index (κ1) is 14.8. The second-order valence-electron chi connectivity index (χ2n) is 4.81. The number of aliphatic hydroxyl groups excluding tert-OH is 1. The zero-order chi connectivity index (χ0) is 14.9. The van der Waals surface area contributed by atoms with Crippen LogP contribution in [0.5, 0.6) is 0 Å². The summed E-state index contributed by atoms with van der Waals surface area (Å²) < 4.78 is 0.720. The average molecular weight is 343 g/mol. The van der Waals surface area contributed by atoms with Crippen molar-refractivity contribution in [3.05, 3.63) is 28.2 Å². The number of nitrogens with zero attached hydrogens (tertiary/aromatic N) is 1. The van der Waals surface area contributed by atoms with E-state index < -0.39 is 24.1 Å². The predicted octanol–water partition coefficient (Wildman–Crippen LogP) is 1.81. The number of carbonyl (C=O) groups is 2. The number of hydrogen-bond acceptors (Lipinski definition) is 3. The number of urea groups is 1. The lowest BCUT2D eigenvalue weighted by Gasteiger charge is -2.22. The highest BCUT2D eigenvalue weighted by Crippen LogP contribution is 2.25. The molecule has 2 amide bonds. The Morgan fingerprint density at radius 1 is 1.45 bits per heavy atom. The van der Waals surface area contributed by atoms with Gasteiger partial charge in [0.25, 0.3) is 0 Å². The molecule has 1 aliphatic heterocycles. The van der Waals surface area contributed by atoms with E-state index in [1.54, 1.807) is 6.07 Å². The van der Waals surface area contributed by atoms with Crippen molar-refractivity contribution in [2.75, 3.05) is 11.9 Å². The Kier molecular flexibility index (Phi) is 4.29. The third kappa shape index (κ3) is 3.10. The van der Waals surface area contributed by atoms with Crippen LogP contribution in [0, 0.1) is 6.92 Å². The lowest BCUT2D eigenvalue weighted by Crippen LogP contribution is -2.43. The number of β-amino-alcohol motifs (C(OH)–C–C–N with tert-alkyl or cyclic N) is 1. The Hall–Kier alpha value is -1.60. The van der Waals surface area contributed by atoms with E-state index >= 15 is 0 Å². The molecule has 7 heteroatoms. The van der Waals surface area contributed by atoms with E-state index in [1.807, 2.05) is 19.1 Å². The van der Waals surface area contributed by atoms with Crippen molar-refractivity contribution in [1.29, 1.82) is 0 Å². The summed E-state index contributed by atoms with van der Waals surface area (Å²) in [5, 5.41) is 21.2. The van der Waals surface area contributed by atoms with E-state index in [0.29, 0.717) is 5.69 Å². The summed E-state index contributed by atoms with van der Waals surface area (Å²) in [5.41, 5.74) is 1.60. The number of nitrogens with one attached hydrogen (secondary N) is 1. The highest BCUT2D eigenvalue weighted by Gasteiger charge is 2.39. The molecule has 0 aliphatic carbocycles. The van der Waals surface area contributed by atoms with Crippen molar-refractivity contribution in [2.24, 2.45) is 0 Å². The van der Waals surface area contributed by atoms with Crippen LogP contribution < -0.4 is 5.32 Å². The molecule has 0 spiro atoms. The first-order chi connectivity index (χ1) is 9.38. The highest BCUT2D eigenvalue weighted by atomic mass is 79.9. The lowest BCUT2D eigenvalue weighted by atomic mass is 10.2. The van der Waals surface area contributed by atoms with Gasteiger partial charge in [-0.05, 0) is 40.5 Å². The molecular formula is C13H15BrN2O4. The van der Waals surface area contributed by atoms with Crippen LogP contribution in [0.1, 0.15) is 12.0 Å². The molecule has 1 fully saturated rings. The Morgan fingerprint density at radius 3 is 2.75 bits per heavy atom. The molecule has 0 bridgehead atoms. The summed E-state index contributed by atoms with van der Waals surface area (Å²) >= 11 is 3.34. The summed E-state index contributed by atoms with van der Waals surface area (Å²) in [6.07, 6.45) is -0.749. The van der Waals surface area contributed by atoms with Gasteiger partial charge >= 0.3 is 12.0 Å². The molecule has 6 nitrogen and oxygen atoms in total. The third-order valence-corrected chi connectivity index (χ3v) is 3.85. The number of carbonyl (C=O) groups excluding carboxylic acids is 1. The van der Waals surface area contributed by atoms with Crippen LogP contribution in [0.3, 0.4) is 0 Å². The number of hydrogen-bond donors (Lipinski definition) is 3. The molecular weight excluding hydrogens is 328 g/mol. The monoisotopic (exact) mass is 342 g/mol. The van der Waals surface area contributed by atoms with Crippen LogP contribution in [0.15, 0.2) is 22.7 Å². The minimum atomic E-state index is -1.11. The number of rotatable bonds is 2. The quantitative estimate of drug-likeness (QED) is 0.764. The van der Waals surface area contributed by atoms with Gasteiger partial charge in [0, 0.05) is 17.4 Å². The van der Waals surface area contributed by atoms with E-state index in [-0.39, 0.29) is 13.0 Å². The number of anilines is 1. The largest absolute Gasteiger partial charge is 0.480 e. The van der Waals surface area contributed by atoms with Gasteiger partial charge < -0.3 is 20.4 Å². The molecule has 20 heavy (non-hydrogen) atoms. The van der Waals surface area contributed by atoms with Gasteiger partial charge in [-0.2, -0.15) is 0 Å². The van der Waals surface area contributed by atoms with E-state index in [0.717, 1.165) is 14.9 Å². The SMILES string of the molecule is Cc1ccc(NC(=O)N2C[C@H](O)C[C@H]2C(=O)O)c(Br)c1. The van der Waals surface area contributed by atoms with Crippen molar-refractivity contribution in [1.82, 2.24) is 4.90 Å². The van der Waals surface area contributed by atoms with Crippen molar-refractivity contribution < 1.29 is 19.8 Å². The lowest BCUT2D eigenvalue weighted by molar-refractivity contribution is -0.141. The van der Waals surface area contributed by atoms with Crippen LogP contribution in [0.4, 0.5) is 10.5 Å². The van der Waals surface area contributed by atoms with Crippen molar-refractivity contribution in [3.8, 4) is 0 Å². The molecule has 0 unspecified atom stereocenters. The molecule has 2 atom stereocenters. The molecule has 1 aromatic carbocycles. The number of amides is 2. The Morgan fingerprint density at radius 2 is 2.15 bits per heavy atom. The minimum Gasteiger partial charge on any atom is -0.480 e. The minimum absolute atomic E-state index is 0.0201. The molecule has 3 N–H and O–H groups in total. The van der Waals surface area contributed by atoms with Crippen molar-refractivity contribution in [3.63, 3.8) is 0 Å². The van der Waals surface area contributed by atoms with Gasteiger partial charge in [-0.15, -0.1) is 0 Å². The highest BCUT2D eigenvalue weighted by molar-refractivity contribution is 9.10. The molecule has 1 aromatic rings. The summed E-state index contributed by atoms with van der Waals surface area (Å²) in [5.74, 6) is -1.11. The number of aliphatic hydroxyl groups is 1. The van der Waals surface area contributed by atoms with Gasteiger partial charge in [-0.25, -0.2) is 9.59 Å². The third-order valence-electron chi connectivity index (χ3n) is 3.19. The van der Waals surface area contributed by atoms with Gasteiger partial charge in [0.15, 0.2) is 0 Å². The molecule has 0 saturated carbocycles. The van der Waals surface area contributed by atoms with Gasteiger partial charge in [-0.3, -0.25) is 0 Å². The first-order valence-electron chi connectivity index (χ1n) is 6.13. The Labute approximate surface area is 124 Å². The zero-order valence-corrected chi connectivity index (χ0v) is 12.4. The van der Waals surface area contributed by atoms with Gasteiger partial charge in [0.2, 0.25) is 0 Å². The standard InChI is InChI=1S/C13H15BrN2O4/c1-7-2-3-10(9(14)4-7)15-13(20)16-6-8(17)5-11(16)12(18)19/h2-4,8,11,17H,5-6H2,1H3,(H,15,20)(H,18,19)/t8-,11+/m1/s1. The molecule has 0 aromatic heterocycles. The average Bonchev–Trinajstić information content (AvgIpc) is 2.75. The van der Waals surface area contributed by atoms with Gasteiger partial charge in [-0.1, -0.05) is 6.07 Å². The zero-order valence-electron chi connectivity index (χ0n) is 10.8. The van der Waals surface area contributed by atoms with Crippen LogP contribution in [0.2, 0.25) is 0 Å². The second-order valence-corrected chi connectivity index (χ2v) is 5.66. The fraction of sp³-hybridized carbons (Fsp3) is 0.385. The number of carboxylic acids is 1. The van der Waals surface area contributed by atoms with Gasteiger partial charge in [0.05, 0.1) is 11.8 Å². The Balaban J connectivity index is 2.13. The van der Waals surface area contributed by atoms with Crippen molar-refractivity contribution in [2.45, 2.75) is 25.5 Å². The maximum atomic E-state index is 12.1. The van der Waals surface area contributed by atoms with Crippen LogP contribution in [-0.2, 0) is 4.79 Å². The van der Waals surface area contributed by atoms with E-state index in [4.69, 9.17) is 5.11 Å². The van der Waals surface area contributed by atoms with Crippen molar-refractivity contribution >= 4 is 33.6 Å².